The van der Waals surface area contributed by atoms with Crippen LogP contribution in [0.4, 0.5) is 8.78 Å². The number of alkyl halides is 2. The first-order chi connectivity index (χ1) is 9.69. The van der Waals surface area contributed by atoms with E-state index in [2.05, 4.69) is 17.1 Å². The smallest absolute Gasteiger partial charge is 0.263 e. The van der Waals surface area contributed by atoms with Gasteiger partial charge in [0.25, 0.3) is 6.43 Å². The van der Waals surface area contributed by atoms with Crippen molar-refractivity contribution in [2.75, 3.05) is 19.6 Å². The van der Waals surface area contributed by atoms with E-state index in [0.717, 1.165) is 38.2 Å². The van der Waals surface area contributed by atoms with Crippen LogP contribution >= 0.6 is 0 Å². The maximum atomic E-state index is 12.7. The van der Waals surface area contributed by atoms with E-state index in [-0.39, 0.29) is 5.56 Å². The van der Waals surface area contributed by atoms with Crippen LogP contribution in [0.5, 0.6) is 0 Å². The summed E-state index contributed by atoms with van der Waals surface area (Å²) in [7, 11) is 0. The van der Waals surface area contributed by atoms with Gasteiger partial charge in [-0.3, -0.25) is 4.90 Å². The Hall–Kier alpha value is -1.00. The number of hydrogen-bond acceptors (Lipinski definition) is 2. The van der Waals surface area contributed by atoms with E-state index in [0.29, 0.717) is 6.04 Å². The zero-order valence-electron chi connectivity index (χ0n) is 12.1. The molecular formula is C16H24F2N2. The number of hydrogen-bond donors (Lipinski definition) is 1. The summed E-state index contributed by atoms with van der Waals surface area (Å²) in [6, 6.07) is 7.36. The van der Waals surface area contributed by atoms with E-state index >= 15 is 0 Å². The van der Waals surface area contributed by atoms with Gasteiger partial charge < -0.3 is 5.32 Å². The molecule has 0 radical (unpaired) electrons. The molecule has 112 valence electrons. The lowest BCUT2D eigenvalue weighted by atomic mass is 10.1. The van der Waals surface area contributed by atoms with Crippen molar-refractivity contribution in [2.24, 2.45) is 0 Å². The maximum Gasteiger partial charge on any atom is 0.263 e. The molecule has 0 spiro atoms. The van der Waals surface area contributed by atoms with Crippen LogP contribution in [0.15, 0.2) is 24.3 Å². The Morgan fingerprint density at radius 1 is 1.40 bits per heavy atom. The van der Waals surface area contributed by atoms with Crippen molar-refractivity contribution >= 4 is 0 Å². The first-order valence-corrected chi connectivity index (χ1v) is 7.51. The van der Waals surface area contributed by atoms with Crippen LogP contribution in [0, 0.1) is 0 Å². The van der Waals surface area contributed by atoms with Crippen molar-refractivity contribution in [1.29, 1.82) is 0 Å². The van der Waals surface area contributed by atoms with Crippen molar-refractivity contribution < 1.29 is 8.78 Å². The largest absolute Gasteiger partial charge is 0.313 e. The molecule has 1 aliphatic rings. The fraction of sp³-hybridized carbons (Fsp3) is 0.625. The molecule has 0 bridgehead atoms. The molecule has 2 nitrogen and oxygen atoms in total. The standard InChI is InChI=1S/C16H24F2N2/c1-2-9-20(12-15-7-4-8-19-15)11-13-5-3-6-14(10-13)16(17)18/h3,5-6,10,15-16,19H,2,4,7-9,11-12H2,1H3. The maximum absolute atomic E-state index is 12.7. The van der Waals surface area contributed by atoms with Crippen LogP contribution in [-0.4, -0.2) is 30.6 Å². The molecule has 0 aliphatic carbocycles. The minimum Gasteiger partial charge on any atom is -0.313 e. The summed E-state index contributed by atoms with van der Waals surface area (Å²) < 4.78 is 25.5. The second kappa shape index (κ2) is 7.70. The highest BCUT2D eigenvalue weighted by atomic mass is 19.3. The number of nitrogens with one attached hydrogen (secondary N) is 1. The number of nitrogens with zero attached hydrogens (tertiary/aromatic N) is 1. The van der Waals surface area contributed by atoms with Crippen LogP contribution in [0.3, 0.4) is 0 Å². The van der Waals surface area contributed by atoms with Crippen molar-refractivity contribution in [3.63, 3.8) is 0 Å². The van der Waals surface area contributed by atoms with Crippen molar-refractivity contribution in [3.8, 4) is 0 Å². The molecule has 1 heterocycles. The molecule has 1 saturated heterocycles. The van der Waals surface area contributed by atoms with Gasteiger partial charge in [0.15, 0.2) is 0 Å². The lowest BCUT2D eigenvalue weighted by molar-refractivity contribution is 0.151. The molecule has 0 aromatic heterocycles. The second-order valence-corrected chi connectivity index (χ2v) is 5.57. The third kappa shape index (κ3) is 4.53. The summed E-state index contributed by atoms with van der Waals surface area (Å²) >= 11 is 0. The van der Waals surface area contributed by atoms with Crippen molar-refractivity contribution in [2.45, 2.75) is 45.2 Å². The van der Waals surface area contributed by atoms with Gasteiger partial charge in [-0.2, -0.15) is 0 Å². The van der Waals surface area contributed by atoms with Crippen LogP contribution in [0.2, 0.25) is 0 Å². The Morgan fingerprint density at radius 3 is 2.90 bits per heavy atom. The minimum absolute atomic E-state index is 0.123. The molecule has 1 aromatic rings. The Balaban J connectivity index is 1.97. The fourth-order valence-electron chi connectivity index (χ4n) is 2.86. The van der Waals surface area contributed by atoms with Crippen LogP contribution in [-0.2, 0) is 6.54 Å². The molecule has 0 saturated carbocycles. The van der Waals surface area contributed by atoms with Crippen molar-refractivity contribution in [3.05, 3.63) is 35.4 Å². The number of rotatable bonds is 7. The van der Waals surface area contributed by atoms with E-state index in [1.54, 1.807) is 12.1 Å². The molecule has 2 rings (SSSR count). The Kier molecular flexibility index (Phi) is 5.92. The predicted molar refractivity (Wildman–Crippen MR) is 78.0 cm³/mol. The highest BCUT2D eigenvalue weighted by molar-refractivity contribution is 5.24. The van der Waals surface area contributed by atoms with E-state index in [1.165, 1.54) is 18.9 Å². The van der Waals surface area contributed by atoms with Gasteiger partial charge in [-0.25, -0.2) is 8.78 Å². The first kappa shape index (κ1) is 15.4. The first-order valence-electron chi connectivity index (χ1n) is 7.51. The van der Waals surface area contributed by atoms with E-state index < -0.39 is 6.43 Å². The zero-order chi connectivity index (χ0) is 14.4. The normalized spacial score (nSPS) is 19.1. The summed E-state index contributed by atoms with van der Waals surface area (Å²) in [5, 5.41) is 3.50. The average Bonchev–Trinajstić information content (AvgIpc) is 2.92. The van der Waals surface area contributed by atoms with Gasteiger partial charge in [0.05, 0.1) is 0 Å². The molecular weight excluding hydrogens is 258 g/mol. The Labute approximate surface area is 120 Å². The highest BCUT2D eigenvalue weighted by Crippen LogP contribution is 2.20. The second-order valence-electron chi connectivity index (χ2n) is 5.57. The third-order valence-electron chi connectivity index (χ3n) is 3.79. The lowest BCUT2D eigenvalue weighted by Gasteiger charge is -2.25. The van der Waals surface area contributed by atoms with Gasteiger partial charge in [-0.1, -0.05) is 25.1 Å². The Bertz CT molecular complexity index is 403. The minimum atomic E-state index is -2.38. The van der Waals surface area contributed by atoms with Crippen LogP contribution in [0.25, 0.3) is 0 Å². The monoisotopic (exact) mass is 282 g/mol. The Morgan fingerprint density at radius 2 is 2.25 bits per heavy atom. The van der Waals surface area contributed by atoms with E-state index in [9.17, 15) is 8.78 Å². The molecule has 4 heteroatoms. The number of benzene rings is 1. The molecule has 1 aliphatic heterocycles. The SMILES string of the molecule is CCCN(Cc1cccc(C(F)F)c1)CC1CCCN1. The summed E-state index contributed by atoms with van der Waals surface area (Å²) in [5.74, 6) is 0. The van der Waals surface area contributed by atoms with Gasteiger partial charge in [-0.05, 0) is 44.0 Å². The summed E-state index contributed by atoms with van der Waals surface area (Å²) in [6.45, 7) is 6.03. The fourth-order valence-corrected chi connectivity index (χ4v) is 2.86. The van der Waals surface area contributed by atoms with E-state index in [4.69, 9.17) is 0 Å². The van der Waals surface area contributed by atoms with Crippen molar-refractivity contribution in [1.82, 2.24) is 10.2 Å². The van der Waals surface area contributed by atoms with Crippen LogP contribution in [0.1, 0.15) is 43.7 Å². The third-order valence-corrected chi connectivity index (χ3v) is 3.79. The molecule has 20 heavy (non-hydrogen) atoms. The quantitative estimate of drug-likeness (QED) is 0.822. The number of halogens is 2. The van der Waals surface area contributed by atoms with Gasteiger partial charge >= 0.3 is 0 Å². The van der Waals surface area contributed by atoms with Crippen LogP contribution < -0.4 is 5.32 Å². The summed E-state index contributed by atoms with van der Waals surface area (Å²) in [4.78, 5) is 2.37. The van der Waals surface area contributed by atoms with E-state index in [1.807, 2.05) is 6.07 Å². The predicted octanol–water partition coefficient (Wildman–Crippen LogP) is 3.59. The molecule has 1 fully saturated rings. The van der Waals surface area contributed by atoms with Gasteiger partial charge in [-0.15, -0.1) is 0 Å². The summed E-state index contributed by atoms with van der Waals surface area (Å²) in [5.41, 5.74) is 1.10. The summed E-state index contributed by atoms with van der Waals surface area (Å²) in [6.07, 6.45) is 1.16. The molecule has 1 N–H and O–H groups in total. The zero-order valence-corrected chi connectivity index (χ0v) is 12.1. The molecule has 0 amide bonds. The average molecular weight is 282 g/mol. The van der Waals surface area contributed by atoms with Gasteiger partial charge in [0.1, 0.15) is 0 Å². The molecule has 1 atom stereocenters. The topological polar surface area (TPSA) is 15.3 Å². The van der Waals surface area contributed by atoms with Gasteiger partial charge in [0, 0.05) is 24.7 Å². The highest BCUT2D eigenvalue weighted by Gasteiger charge is 2.18. The van der Waals surface area contributed by atoms with Gasteiger partial charge in [0.2, 0.25) is 0 Å². The lowest BCUT2D eigenvalue weighted by Crippen LogP contribution is -2.37. The molecule has 1 unspecified atom stereocenters. The molecule has 1 aromatic carbocycles.